The van der Waals surface area contributed by atoms with Gasteiger partial charge in [-0.3, -0.25) is 4.79 Å². The molecule has 1 aromatic carbocycles. The molecular formula is C16H15N3OS. The third-order valence-electron chi connectivity index (χ3n) is 3.28. The lowest BCUT2D eigenvalue weighted by Crippen LogP contribution is -2.25. The molecule has 3 rings (SSSR count). The highest BCUT2D eigenvalue weighted by atomic mass is 32.1. The second-order valence-corrected chi connectivity index (χ2v) is 5.75. The van der Waals surface area contributed by atoms with Crippen LogP contribution in [-0.4, -0.2) is 9.78 Å². The maximum atomic E-state index is 12.2. The van der Waals surface area contributed by atoms with E-state index in [0.717, 1.165) is 16.3 Å². The lowest BCUT2D eigenvalue weighted by atomic mass is 10.1. The van der Waals surface area contributed by atoms with Crippen molar-refractivity contribution in [2.75, 3.05) is 0 Å². The molecule has 0 amide bonds. The molecule has 0 saturated heterocycles. The van der Waals surface area contributed by atoms with Crippen molar-refractivity contribution in [1.82, 2.24) is 9.78 Å². The van der Waals surface area contributed by atoms with Crippen molar-refractivity contribution in [2.45, 2.75) is 13.0 Å². The first-order valence-corrected chi connectivity index (χ1v) is 7.50. The fraction of sp³-hybridized carbons (Fsp3) is 0.125. The van der Waals surface area contributed by atoms with Crippen molar-refractivity contribution < 1.29 is 0 Å². The highest BCUT2D eigenvalue weighted by molar-refractivity contribution is 7.10. The van der Waals surface area contributed by atoms with E-state index in [4.69, 9.17) is 5.73 Å². The molecule has 2 aromatic heterocycles. The number of aromatic nitrogens is 2. The molecule has 1 unspecified atom stereocenters. The molecule has 3 aromatic rings. The summed E-state index contributed by atoms with van der Waals surface area (Å²) < 4.78 is 1.75. The first-order valence-electron chi connectivity index (χ1n) is 6.62. The highest BCUT2D eigenvalue weighted by Crippen LogP contribution is 2.21. The summed E-state index contributed by atoms with van der Waals surface area (Å²) in [6.07, 6.45) is 0. The Balaban J connectivity index is 2.13. The van der Waals surface area contributed by atoms with E-state index in [9.17, 15) is 4.79 Å². The summed E-state index contributed by atoms with van der Waals surface area (Å²) in [5.41, 5.74) is 8.13. The fourth-order valence-electron chi connectivity index (χ4n) is 2.21. The predicted molar refractivity (Wildman–Crippen MR) is 84.9 cm³/mol. The van der Waals surface area contributed by atoms with Crippen LogP contribution in [0.25, 0.3) is 5.69 Å². The fourth-order valence-corrected chi connectivity index (χ4v) is 2.94. The van der Waals surface area contributed by atoms with Crippen molar-refractivity contribution in [2.24, 2.45) is 5.73 Å². The predicted octanol–water partition coefficient (Wildman–Crippen LogP) is 2.65. The Hall–Kier alpha value is -2.24. The van der Waals surface area contributed by atoms with Crippen LogP contribution in [-0.2, 0) is 0 Å². The molecule has 0 bridgehead atoms. The zero-order chi connectivity index (χ0) is 14.8. The maximum absolute atomic E-state index is 12.2. The van der Waals surface area contributed by atoms with Gasteiger partial charge in [-0.1, -0.05) is 24.3 Å². The van der Waals surface area contributed by atoms with E-state index < -0.39 is 6.04 Å². The SMILES string of the molecule is Cc1cc(=O)c(C(N)c2cccs2)nn1-c1ccccc1. The van der Waals surface area contributed by atoms with Crippen molar-refractivity contribution >= 4 is 11.3 Å². The van der Waals surface area contributed by atoms with E-state index in [2.05, 4.69) is 5.10 Å². The van der Waals surface area contributed by atoms with Crippen LogP contribution < -0.4 is 11.2 Å². The van der Waals surface area contributed by atoms with Crippen LogP contribution in [0.3, 0.4) is 0 Å². The lowest BCUT2D eigenvalue weighted by molar-refractivity contribution is 0.714. The van der Waals surface area contributed by atoms with E-state index >= 15 is 0 Å². The van der Waals surface area contributed by atoms with Gasteiger partial charge >= 0.3 is 0 Å². The van der Waals surface area contributed by atoms with Gasteiger partial charge in [0.05, 0.1) is 11.7 Å². The van der Waals surface area contributed by atoms with Gasteiger partial charge in [0.2, 0.25) is 5.43 Å². The first kappa shape index (κ1) is 13.7. The Morgan fingerprint density at radius 1 is 1.19 bits per heavy atom. The van der Waals surface area contributed by atoms with E-state index in [1.165, 1.54) is 11.3 Å². The number of rotatable bonds is 3. The minimum Gasteiger partial charge on any atom is -0.318 e. The largest absolute Gasteiger partial charge is 0.318 e. The topological polar surface area (TPSA) is 60.9 Å². The summed E-state index contributed by atoms with van der Waals surface area (Å²) in [6, 6.07) is 14.7. The first-order chi connectivity index (χ1) is 10.2. The van der Waals surface area contributed by atoms with Crippen molar-refractivity contribution in [3.8, 4) is 5.69 Å². The number of thiophene rings is 1. The van der Waals surface area contributed by atoms with Crippen molar-refractivity contribution in [3.05, 3.63) is 80.4 Å². The minimum atomic E-state index is -0.493. The Labute approximate surface area is 126 Å². The number of hydrogen-bond acceptors (Lipinski definition) is 4. The normalized spacial score (nSPS) is 12.3. The molecule has 0 aliphatic rings. The van der Waals surface area contributed by atoms with Gasteiger partial charge in [-0.15, -0.1) is 11.3 Å². The van der Waals surface area contributed by atoms with Crippen molar-refractivity contribution in [1.29, 1.82) is 0 Å². The molecule has 0 aliphatic heterocycles. The van der Waals surface area contributed by atoms with Gasteiger partial charge in [0, 0.05) is 16.6 Å². The summed E-state index contributed by atoms with van der Waals surface area (Å²) in [5.74, 6) is 0. The molecule has 106 valence electrons. The van der Waals surface area contributed by atoms with Gasteiger partial charge in [0.1, 0.15) is 5.69 Å². The molecule has 0 saturated carbocycles. The molecule has 5 heteroatoms. The molecule has 0 spiro atoms. The van der Waals surface area contributed by atoms with E-state index in [1.54, 1.807) is 10.7 Å². The maximum Gasteiger partial charge on any atom is 0.205 e. The van der Waals surface area contributed by atoms with Crippen LogP contribution in [0.15, 0.2) is 58.7 Å². The highest BCUT2D eigenvalue weighted by Gasteiger charge is 2.17. The van der Waals surface area contributed by atoms with Gasteiger partial charge in [-0.05, 0) is 30.5 Å². The molecule has 2 heterocycles. The third-order valence-corrected chi connectivity index (χ3v) is 4.23. The van der Waals surface area contributed by atoms with Crippen LogP contribution >= 0.6 is 11.3 Å². The molecule has 0 fully saturated rings. The average Bonchev–Trinajstić information content (AvgIpc) is 3.02. The Kier molecular flexibility index (Phi) is 3.68. The summed E-state index contributed by atoms with van der Waals surface area (Å²) in [6.45, 7) is 1.86. The molecule has 2 N–H and O–H groups in total. The van der Waals surface area contributed by atoms with Crippen molar-refractivity contribution in [3.63, 3.8) is 0 Å². The number of benzene rings is 1. The Morgan fingerprint density at radius 3 is 2.62 bits per heavy atom. The zero-order valence-corrected chi connectivity index (χ0v) is 12.4. The summed E-state index contributed by atoms with van der Waals surface area (Å²) in [4.78, 5) is 13.1. The van der Waals surface area contributed by atoms with Gasteiger partial charge in [0.15, 0.2) is 0 Å². The van der Waals surface area contributed by atoms with Crippen LogP contribution in [0.5, 0.6) is 0 Å². The monoisotopic (exact) mass is 297 g/mol. The van der Waals surface area contributed by atoms with Crippen LogP contribution in [0.4, 0.5) is 0 Å². The number of para-hydroxylation sites is 1. The molecule has 1 atom stereocenters. The van der Waals surface area contributed by atoms with E-state index in [-0.39, 0.29) is 5.43 Å². The lowest BCUT2D eigenvalue weighted by Gasteiger charge is -2.14. The van der Waals surface area contributed by atoms with Gasteiger partial charge in [-0.25, -0.2) is 4.68 Å². The van der Waals surface area contributed by atoms with Gasteiger partial charge in [0.25, 0.3) is 0 Å². The molecule has 21 heavy (non-hydrogen) atoms. The van der Waals surface area contributed by atoms with Crippen LogP contribution in [0.2, 0.25) is 0 Å². The Morgan fingerprint density at radius 2 is 1.95 bits per heavy atom. The summed E-state index contributed by atoms with van der Waals surface area (Å²) >= 11 is 1.53. The second-order valence-electron chi connectivity index (χ2n) is 4.78. The standard InChI is InChI=1S/C16H15N3OS/c1-11-10-13(20)16(15(17)14-8-5-9-21-14)18-19(11)12-6-3-2-4-7-12/h2-10,15H,17H2,1H3. The van der Waals surface area contributed by atoms with E-state index in [1.807, 2.05) is 54.8 Å². The van der Waals surface area contributed by atoms with E-state index in [0.29, 0.717) is 5.69 Å². The third kappa shape index (κ3) is 2.66. The average molecular weight is 297 g/mol. The number of aryl methyl sites for hydroxylation is 1. The van der Waals surface area contributed by atoms with Gasteiger partial charge in [-0.2, -0.15) is 5.10 Å². The number of nitrogens with zero attached hydrogens (tertiary/aromatic N) is 2. The molecule has 0 radical (unpaired) electrons. The van der Waals surface area contributed by atoms with Gasteiger partial charge < -0.3 is 5.73 Å². The quantitative estimate of drug-likeness (QED) is 0.808. The van der Waals surface area contributed by atoms with Crippen LogP contribution in [0.1, 0.15) is 22.3 Å². The molecule has 0 aliphatic carbocycles. The summed E-state index contributed by atoms with van der Waals surface area (Å²) in [5, 5.41) is 6.43. The second kappa shape index (κ2) is 5.63. The summed E-state index contributed by atoms with van der Waals surface area (Å²) in [7, 11) is 0. The number of hydrogen-bond donors (Lipinski definition) is 1. The Bertz CT molecular complexity index is 794. The zero-order valence-electron chi connectivity index (χ0n) is 11.6. The molecule has 4 nitrogen and oxygen atoms in total. The smallest absolute Gasteiger partial charge is 0.205 e. The minimum absolute atomic E-state index is 0.124. The van der Waals surface area contributed by atoms with Crippen LogP contribution in [0, 0.1) is 6.92 Å². The molecular weight excluding hydrogens is 282 g/mol. The number of nitrogens with two attached hydrogens (primary N) is 1.